The van der Waals surface area contributed by atoms with Crippen molar-refractivity contribution in [2.45, 2.75) is 57.8 Å². The number of nitrogens with two attached hydrogens (primary N) is 1. The summed E-state index contributed by atoms with van der Waals surface area (Å²) in [5.41, 5.74) is 8.33. The number of methoxy groups -OCH3 is 1. The first-order valence-electron chi connectivity index (χ1n) is 7.50. The average Bonchev–Trinajstić information content (AvgIpc) is 2.41. The number of nitrogens with zero attached hydrogens (tertiary/aromatic N) is 1. The van der Waals surface area contributed by atoms with Crippen molar-refractivity contribution in [3.8, 4) is 0 Å². The monoisotopic (exact) mass is 290 g/mol. The quantitative estimate of drug-likeness (QED) is 0.931. The van der Waals surface area contributed by atoms with Crippen LogP contribution in [-0.2, 0) is 16.1 Å². The predicted octanol–water partition coefficient (Wildman–Crippen LogP) is 2.62. The molecule has 0 aliphatic carbocycles. The van der Waals surface area contributed by atoms with Gasteiger partial charge in [-0.25, -0.2) is 0 Å². The van der Waals surface area contributed by atoms with Crippen molar-refractivity contribution < 1.29 is 9.53 Å². The highest BCUT2D eigenvalue weighted by atomic mass is 16.5. The zero-order chi connectivity index (χ0) is 15.6. The molecule has 1 amide bonds. The molecule has 2 rings (SSSR count). The number of likely N-dealkylation sites (tertiary alicyclic amines) is 1. The zero-order valence-corrected chi connectivity index (χ0v) is 13.4. The van der Waals surface area contributed by atoms with Crippen LogP contribution in [-0.4, -0.2) is 29.5 Å². The molecular formula is C17H26N2O2. The maximum absolute atomic E-state index is 12.4. The van der Waals surface area contributed by atoms with Gasteiger partial charge in [0, 0.05) is 25.1 Å². The van der Waals surface area contributed by atoms with Crippen molar-refractivity contribution in [2.75, 3.05) is 7.11 Å². The molecular weight excluding hydrogens is 264 g/mol. The van der Waals surface area contributed by atoms with E-state index in [0.29, 0.717) is 13.0 Å². The SMILES string of the molecule is COCc1ccc(C2C(N)CCC(=O)N2C(C)(C)C)cc1. The van der Waals surface area contributed by atoms with Gasteiger partial charge in [-0.3, -0.25) is 4.79 Å². The summed E-state index contributed by atoms with van der Waals surface area (Å²) >= 11 is 0. The number of carbonyl (C=O) groups excluding carboxylic acids is 1. The number of carbonyl (C=O) groups is 1. The first-order valence-corrected chi connectivity index (χ1v) is 7.50. The van der Waals surface area contributed by atoms with Crippen LogP contribution in [0.2, 0.25) is 0 Å². The van der Waals surface area contributed by atoms with E-state index in [1.165, 1.54) is 0 Å². The molecule has 0 saturated carbocycles. The van der Waals surface area contributed by atoms with Crippen molar-refractivity contribution in [3.63, 3.8) is 0 Å². The fourth-order valence-electron chi connectivity index (χ4n) is 3.08. The van der Waals surface area contributed by atoms with Crippen LogP contribution < -0.4 is 5.73 Å². The van der Waals surface area contributed by atoms with Crippen LogP contribution in [0.4, 0.5) is 0 Å². The van der Waals surface area contributed by atoms with Gasteiger partial charge in [0.25, 0.3) is 0 Å². The van der Waals surface area contributed by atoms with Crippen LogP contribution in [0.5, 0.6) is 0 Å². The lowest BCUT2D eigenvalue weighted by Gasteiger charge is -2.47. The third-order valence-electron chi connectivity index (χ3n) is 4.00. The van der Waals surface area contributed by atoms with Crippen LogP contribution in [0, 0.1) is 0 Å². The Kier molecular flexibility index (Phi) is 4.69. The van der Waals surface area contributed by atoms with Crippen molar-refractivity contribution in [1.29, 1.82) is 0 Å². The Morgan fingerprint density at radius 2 is 1.90 bits per heavy atom. The molecule has 116 valence electrons. The molecule has 0 bridgehead atoms. The molecule has 1 heterocycles. The molecule has 4 nitrogen and oxygen atoms in total. The van der Waals surface area contributed by atoms with Crippen LogP contribution >= 0.6 is 0 Å². The van der Waals surface area contributed by atoms with E-state index < -0.39 is 0 Å². The molecule has 1 fully saturated rings. The number of ether oxygens (including phenoxy) is 1. The van der Waals surface area contributed by atoms with E-state index in [2.05, 4.69) is 32.9 Å². The van der Waals surface area contributed by atoms with Crippen molar-refractivity contribution in [3.05, 3.63) is 35.4 Å². The van der Waals surface area contributed by atoms with Gasteiger partial charge in [0.05, 0.1) is 12.6 Å². The second-order valence-corrected chi connectivity index (χ2v) is 6.76. The van der Waals surface area contributed by atoms with Gasteiger partial charge >= 0.3 is 0 Å². The van der Waals surface area contributed by atoms with Gasteiger partial charge in [-0.1, -0.05) is 24.3 Å². The van der Waals surface area contributed by atoms with Crippen LogP contribution in [0.3, 0.4) is 0 Å². The predicted molar refractivity (Wildman–Crippen MR) is 83.7 cm³/mol. The topological polar surface area (TPSA) is 55.6 Å². The first-order chi connectivity index (χ1) is 9.84. The highest BCUT2D eigenvalue weighted by molar-refractivity contribution is 5.78. The van der Waals surface area contributed by atoms with Gasteiger partial charge in [0.15, 0.2) is 0 Å². The molecule has 1 aromatic carbocycles. The van der Waals surface area contributed by atoms with E-state index >= 15 is 0 Å². The van der Waals surface area contributed by atoms with Crippen LogP contribution in [0.15, 0.2) is 24.3 Å². The number of rotatable bonds is 3. The molecule has 1 aliphatic rings. The molecule has 2 atom stereocenters. The number of hydrogen-bond acceptors (Lipinski definition) is 3. The normalized spacial score (nSPS) is 23.5. The maximum atomic E-state index is 12.4. The van der Waals surface area contributed by atoms with Gasteiger partial charge < -0.3 is 15.4 Å². The number of hydrogen-bond donors (Lipinski definition) is 1. The molecule has 2 unspecified atom stereocenters. The molecule has 21 heavy (non-hydrogen) atoms. The smallest absolute Gasteiger partial charge is 0.223 e. The molecule has 1 aliphatic heterocycles. The molecule has 4 heteroatoms. The summed E-state index contributed by atoms with van der Waals surface area (Å²) in [4.78, 5) is 14.3. The number of benzene rings is 1. The van der Waals surface area contributed by atoms with Gasteiger partial charge in [0.1, 0.15) is 0 Å². The minimum atomic E-state index is -0.231. The summed E-state index contributed by atoms with van der Waals surface area (Å²) in [7, 11) is 1.69. The largest absolute Gasteiger partial charge is 0.380 e. The lowest BCUT2D eigenvalue weighted by atomic mass is 9.86. The summed E-state index contributed by atoms with van der Waals surface area (Å²) in [6, 6.07) is 8.15. The summed E-state index contributed by atoms with van der Waals surface area (Å²) in [5.74, 6) is 0.190. The fraction of sp³-hybridized carbons (Fsp3) is 0.588. The third-order valence-corrected chi connectivity index (χ3v) is 4.00. The lowest BCUT2D eigenvalue weighted by Crippen LogP contribution is -2.56. The zero-order valence-electron chi connectivity index (χ0n) is 13.4. The van der Waals surface area contributed by atoms with Gasteiger partial charge in [-0.15, -0.1) is 0 Å². The van der Waals surface area contributed by atoms with E-state index in [-0.39, 0.29) is 23.5 Å². The average molecular weight is 290 g/mol. The summed E-state index contributed by atoms with van der Waals surface area (Å²) < 4.78 is 5.14. The summed E-state index contributed by atoms with van der Waals surface area (Å²) in [6.07, 6.45) is 1.28. The Labute approximate surface area is 127 Å². The van der Waals surface area contributed by atoms with Crippen LogP contribution in [0.25, 0.3) is 0 Å². The highest BCUT2D eigenvalue weighted by Crippen LogP contribution is 2.36. The van der Waals surface area contributed by atoms with Gasteiger partial charge in [0.2, 0.25) is 5.91 Å². The minimum Gasteiger partial charge on any atom is -0.380 e. The fourth-order valence-corrected chi connectivity index (χ4v) is 3.08. The van der Waals surface area contributed by atoms with E-state index in [1.807, 2.05) is 17.0 Å². The van der Waals surface area contributed by atoms with E-state index in [9.17, 15) is 4.79 Å². The van der Waals surface area contributed by atoms with Gasteiger partial charge in [-0.2, -0.15) is 0 Å². The number of amides is 1. The molecule has 0 spiro atoms. The first kappa shape index (κ1) is 16.0. The van der Waals surface area contributed by atoms with E-state index in [0.717, 1.165) is 17.5 Å². The Morgan fingerprint density at radius 1 is 1.29 bits per heavy atom. The standard InChI is InChI=1S/C17H26N2O2/c1-17(2,3)19-15(20)10-9-14(18)16(19)13-7-5-12(6-8-13)11-21-4/h5-8,14,16H,9-11,18H2,1-4H3. The lowest BCUT2D eigenvalue weighted by molar-refractivity contribution is -0.144. The van der Waals surface area contributed by atoms with Crippen molar-refractivity contribution >= 4 is 5.91 Å². The van der Waals surface area contributed by atoms with Gasteiger partial charge in [-0.05, 0) is 38.3 Å². The van der Waals surface area contributed by atoms with E-state index in [1.54, 1.807) is 7.11 Å². The second kappa shape index (κ2) is 6.16. The molecule has 1 aromatic rings. The maximum Gasteiger partial charge on any atom is 0.223 e. The van der Waals surface area contributed by atoms with E-state index in [4.69, 9.17) is 10.5 Å². The van der Waals surface area contributed by atoms with Crippen molar-refractivity contribution in [1.82, 2.24) is 4.90 Å². The Morgan fingerprint density at radius 3 is 2.43 bits per heavy atom. The van der Waals surface area contributed by atoms with Crippen LogP contribution in [0.1, 0.15) is 50.8 Å². The molecule has 0 radical (unpaired) electrons. The minimum absolute atomic E-state index is 0.0183. The summed E-state index contributed by atoms with van der Waals surface area (Å²) in [6.45, 7) is 6.79. The highest BCUT2D eigenvalue weighted by Gasteiger charge is 2.40. The van der Waals surface area contributed by atoms with Crippen molar-refractivity contribution in [2.24, 2.45) is 5.73 Å². The third kappa shape index (κ3) is 3.44. The molecule has 0 aromatic heterocycles. The Bertz CT molecular complexity index is 491. The Hall–Kier alpha value is -1.39. The summed E-state index contributed by atoms with van der Waals surface area (Å²) in [5, 5.41) is 0. The molecule has 2 N–H and O–H groups in total. The second-order valence-electron chi connectivity index (χ2n) is 6.76. The Balaban J connectivity index is 2.34. The molecule has 1 saturated heterocycles. The number of piperidine rings is 1.